The van der Waals surface area contributed by atoms with Gasteiger partial charge in [-0.05, 0) is 18.9 Å². The Morgan fingerprint density at radius 2 is 2.50 bits per heavy atom. The zero-order valence-corrected chi connectivity index (χ0v) is 10.1. The Hall–Kier alpha value is -0.870. The van der Waals surface area contributed by atoms with Gasteiger partial charge in [-0.15, -0.1) is 0 Å². The molecule has 4 heteroatoms. The van der Waals surface area contributed by atoms with Gasteiger partial charge >= 0.3 is 0 Å². The SMILES string of the molecule is CC(C)CNCc1cncn1C1CCOC1. The maximum Gasteiger partial charge on any atom is 0.0952 e. The summed E-state index contributed by atoms with van der Waals surface area (Å²) in [5.41, 5.74) is 1.26. The number of nitrogens with one attached hydrogen (secondary N) is 1. The van der Waals surface area contributed by atoms with Crippen molar-refractivity contribution in [2.45, 2.75) is 32.9 Å². The summed E-state index contributed by atoms with van der Waals surface area (Å²) >= 11 is 0. The van der Waals surface area contributed by atoms with E-state index in [4.69, 9.17) is 4.74 Å². The fourth-order valence-corrected chi connectivity index (χ4v) is 2.03. The van der Waals surface area contributed by atoms with Crippen LogP contribution in [0.2, 0.25) is 0 Å². The van der Waals surface area contributed by atoms with E-state index in [0.29, 0.717) is 12.0 Å². The molecule has 0 bridgehead atoms. The first-order valence-corrected chi connectivity index (χ1v) is 6.06. The molecule has 2 rings (SSSR count). The summed E-state index contributed by atoms with van der Waals surface area (Å²) in [5.74, 6) is 0.686. The summed E-state index contributed by atoms with van der Waals surface area (Å²) in [7, 11) is 0. The predicted octanol–water partition coefficient (Wildman–Crippen LogP) is 1.59. The minimum absolute atomic E-state index is 0.485. The molecule has 2 heterocycles. The fourth-order valence-electron chi connectivity index (χ4n) is 2.03. The molecule has 1 unspecified atom stereocenters. The Bertz CT molecular complexity index is 316. The molecule has 1 fully saturated rings. The Morgan fingerprint density at radius 1 is 1.62 bits per heavy atom. The Labute approximate surface area is 97.0 Å². The molecule has 1 atom stereocenters. The third-order valence-corrected chi connectivity index (χ3v) is 2.90. The first-order chi connectivity index (χ1) is 7.77. The van der Waals surface area contributed by atoms with Gasteiger partial charge in [-0.2, -0.15) is 0 Å². The van der Waals surface area contributed by atoms with E-state index >= 15 is 0 Å². The van der Waals surface area contributed by atoms with Crippen molar-refractivity contribution in [3.8, 4) is 0 Å². The lowest BCUT2D eigenvalue weighted by Crippen LogP contribution is -2.22. The van der Waals surface area contributed by atoms with Crippen LogP contribution in [0.3, 0.4) is 0 Å². The van der Waals surface area contributed by atoms with Crippen LogP contribution in [-0.4, -0.2) is 29.3 Å². The highest BCUT2D eigenvalue weighted by molar-refractivity contribution is 5.01. The number of imidazole rings is 1. The highest BCUT2D eigenvalue weighted by Crippen LogP contribution is 2.20. The molecule has 0 radical (unpaired) electrons. The lowest BCUT2D eigenvalue weighted by Gasteiger charge is -2.14. The molecule has 0 spiro atoms. The third kappa shape index (κ3) is 2.83. The largest absolute Gasteiger partial charge is 0.379 e. The Balaban J connectivity index is 1.91. The number of nitrogens with zero attached hydrogens (tertiary/aromatic N) is 2. The van der Waals surface area contributed by atoms with E-state index in [1.54, 1.807) is 0 Å². The van der Waals surface area contributed by atoms with Crippen molar-refractivity contribution >= 4 is 0 Å². The van der Waals surface area contributed by atoms with Gasteiger partial charge in [-0.1, -0.05) is 13.8 Å². The van der Waals surface area contributed by atoms with Gasteiger partial charge in [-0.25, -0.2) is 4.98 Å². The molecule has 16 heavy (non-hydrogen) atoms. The maximum absolute atomic E-state index is 5.41. The summed E-state index contributed by atoms with van der Waals surface area (Å²) in [6.45, 7) is 8.08. The van der Waals surface area contributed by atoms with Gasteiger partial charge in [0.25, 0.3) is 0 Å². The zero-order chi connectivity index (χ0) is 11.4. The van der Waals surface area contributed by atoms with Gasteiger partial charge in [-0.3, -0.25) is 0 Å². The van der Waals surface area contributed by atoms with E-state index < -0.39 is 0 Å². The molecule has 1 aliphatic heterocycles. The average Bonchev–Trinajstić information content (AvgIpc) is 2.84. The smallest absolute Gasteiger partial charge is 0.0952 e. The molecule has 4 nitrogen and oxygen atoms in total. The maximum atomic E-state index is 5.41. The van der Waals surface area contributed by atoms with Crippen LogP contribution in [0, 0.1) is 5.92 Å². The Kier molecular flexibility index (Phi) is 3.96. The quantitative estimate of drug-likeness (QED) is 0.824. The second-order valence-corrected chi connectivity index (χ2v) is 4.83. The number of rotatable bonds is 5. The van der Waals surface area contributed by atoms with Crippen molar-refractivity contribution in [1.82, 2.24) is 14.9 Å². The first kappa shape index (κ1) is 11.6. The van der Waals surface area contributed by atoms with Crippen molar-refractivity contribution < 1.29 is 4.74 Å². The molecule has 1 saturated heterocycles. The van der Waals surface area contributed by atoms with E-state index in [9.17, 15) is 0 Å². The minimum Gasteiger partial charge on any atom is -0.379 e. The Morgan fingerprint density at radius 3 is 3.19 bits per heavy atom. The number of aromatic nitrogens is 2. The van der Waals surface area contributed by atoms with Gasteiger partial charge in [0, 0.05) is 19.3 Å². The van der Waals surface area contributed by atoms with Gasteiger partial charge in [0.2, 0.25) is 0 Å². The monoisotopic (exact) mass is 223 g/mol. The van der Waals surface area contributed by atoms with Crippen molar-refractivity contribution in [1.29, 1.82) is 0 Å². The molecule has 1 aromatic heterocycles. The van der Waals surface area contributed by atoms with E-state index in [0.717, 1.165) is 32.7 Å². The van der Waals surface area contributed by atoms with E-state index in [1.807, 2.05) is 12.5 Å². The topological polar surface area (TPSA) is 39.1 Å². The molecule has 0 saturated carbocycles. The summed E-state index contributed by atoms with van der Waals surface area (Å²) in [6.07, 6.45) is 4.98. The molecular weight excluding hydrogens is 202 g/mol. The average molecular weight is 223 g/mol. The van der Waals surface area contributed by atoms with Gasteiger partial charge in [0.05, 0.1) is 24.7 Å². The van der Waals surface area contributed by atoms with Crippen molar-refractivity contribution in [2.75, 3.05) is 19.8 Å². The molecule has 0 amide bonds. The standard InChI is InChI=1S/C12H21N3O/c1-10(2)5-13-6-12-7-14-9-15(12)11-3-4-16-8-11/h7,9-11,13H,3-6,8H2,1-2H3. The summed E-state index contributed by atoms with van der Waals surface area (Å²) < 4.78 is 7.66. The van der Waals surface area contributed by atoms with Gasteiger partial charge < -0.3 is 14.6 Å². The van der Waals surface area contributed by atoms with Crippen LogP contribution in [0.1, 0.15) is 32.0 Å². The first-order valence-electron chi connectivity index (χ1n) is 6.06. The number of hydrogen-bond acceptors (Lipinski definition) is 3. The summed E-state index contributed by atoms with van der Waals surface area (Å²) in [4.78, 5) is 4.23. The number of hydrogen-bond donors (Lipinski definition) is 1. The van der Waals surface area contributed by atoms with E-state index in [2.05, 4.69) is 28.7 Å². The van der Waals surface area contributed by atoms with Crippen LogP contribution < -0.4 is 5.32 Å². The van der Waals surface area contributed by atoms with Crippen LogP contribution in [-0.2, 0) is 11.3 Å². The molecule has 0 aromatic carbocycles. The van der Waals surface area contributed by atoms with E-state index in [1.165, 1.54) is 5.69 Å². The van der Waals surface area contributed by atoms with Crippen LogP contribution in [0.5, 0.6) is 0 Å². The lowest BCUT2D eigenvalue weighted by atomic mass is 10.2. The minimum atomic E-state index is 0.485. The van der Waals surface area contributed by atoms with Crippen LogP contribution in [0.4, 0.5) is 0 Å². The second-order valence-electron chi connectivity index (χ2n) is 4.83. The summed E-state index contributed by atoms with van der Waals surface area (Å²) in [5, 5.41) is 3.45. The zero-order valence-electron chi connectivity index (χ0n) is 10.1. The van der Waals surface area contributed by atoms with E-state index in [-0.39, 0.29) is 0 Å². The highest BCUT2D eigenvalue weighted by Gasteiger charge is 2.19. The van der Waals surface area contributed by atoms with Crippen molar-refractivity contribution in [3.63, 3.8) is 0 Å². The van der Waals surface area contributed by atoms with Crippen LogP contribution >= 0.6 is 0 Å². The summed E-state index contributed by atoms with van der Waals surface area (Å²) in [6, 6.07) is 0.485. The predicted molar refractivity (Wildman–Crippen MR) is 63.2 cm³/mol. The third-order valence-electron chi connectivity index (χ3n) is 2.90. The van der Waals surface area contributed by atoms with Gasteiger partial charge in [0.15, 0.2) is 0 Å². The highest BCUT2D eigenvalue weighted by atomic mass is 16.5. The molecule has 1 aliphatic rings. The lowest BCUT2D eigenvalue weighted by molar-refractivity contribution is 0.186. The number of ether oxygens (including phenoxy) is 1. The fraction of sp³-hybridized carbons (Fsp3) is 0.750. The van der Waals surface area contributed by atoms with Crippen LogP contribution in [0.15, 0.2) is 12.5 Å². The van der Waals surface area contributed by atoms with Gasteiger partial charge in [0.1, 0.15) is 0 Å². The van der Waals surface area contributed by atoms with Crippen molar-refractivity contribution in [2.24, 2.45) is 5.92 Å². The normalized spacial score (nSPS) is 20.8. The second kappa shape index (κ2) is 5.46. The molecule has 1 aromatic rings. The molecular formula is C12H21N3O. The molecule has 1 N–H and O–H groups in total. The van der Waals surface area contributed by atoms with Crippen LogP contribution in [0.25, 0.3) is 0 Å². The molecule has 90 valence electrons. The van der Waals surface area contributed by atoms with Crippen molar-refractivity contribution in [3.05, 3.63) is 18.2 Å². The molecule has 0 aliphatic carbocycles.